The van der Waals surface area contributed by atoms with Crippen LogP contribution >= 0.6 is 0 Å². The van der Waals surface area contributed by atoms with Crippen LogP contribution in [0.3, 0.4) is 0 Å². The molecule has 0 aliphatic carbocycles. The largest absolute Gasteiger partial charge is 0.479 e. The number of halogens is 3. The molecule has 9 heteroatoms. The highest BCUT2D eigenvalue weighted by molar-refractivity contribution is 5.78. The van der Waals surface area contributed by atoms with E-state index in [1.807, 2.05) is 0 Å². The lowest BCUT2D eigenvalue weighted by molar-refractivity contribution is -0.176. The minimum absolute atomic E-state index is 0.0894. The maximum absolute atomic E-state index is 11.8. The third-order valence-corrected chi connectivity index (χ3v) is 2.42. The molecule has 110 valence electrons. The van der Waals surface area contributed by atoms with Crippen LogP contribution in [0.15, 0.2) is 0 Å². The molecular formula is C10H14F3NO5. The Kier molecular flexibility index (Phi) is 5.55. The van der Waals surface area contributed by atoms with Gasteiger partial charge in [-0.1, -0.05) is 0 Å². The minimum Gasteiger partial charge on any atom is -0.479 e. The van der Waals surface area contributed by atoms with Crippen molar-refractivity contribution in [1.29, 1.82) is 0 Å². The van der Waals surface area contributed by atoms with Gasteiger partial charge in [0, 0.05) is 6.54 Å². The SMILES string of the molecule is O=C(O)[C@@H]1CN(C(=O)CCOCC(F)(F)F)CCO1. The monoisotopic (exact) mass is 285 g/mol. The Balaban J connectivity index is 2.27. The van der Waals surface area contributed by atoms with Crippen LogP contribution in [0.25, 0.3) is 0 Å². The van der Waals surface area contributed by atoms with Crippen LogP contribution in [-0.4, -0.2) is 67.1 Å². The molecule has 1 heterocycles. The van der Waals surface area contributed by atoms with E-state index in [1.54, 1.807) is 0 Å². The van der Waals surface area contributed by atoms with Gasteiger partial charge in [-0.05, 0) is 0 Å². The van der Waals surface area contributed by atoms with Crippen LogP contribution in [0.2, 0.25) is 0 Å². The number of alkyl halides is 3. The highest BCUT2D eigenvalue weighted by Crippen LogP contribution is 2.14. The highest BCUT2D eigenvalue weighted by atomic mass is 19.4. The fraction of sp³-hybridized carbons (Fsp3) is 0.800. The zero-order valence-electron chi connectivity index (χ0n) is 9.98. The van der Waals surface area contributed by atoms with Gasteiger partial charge >= 0.3 is 12.1 Å². The number of hydrogen-bond acceptors (Lipinski definition) is 4. The van der Waals surface area contributed by atoms with Gasteiger partial charge in [0.25, 0.3) is 0 Å². The van der Waals surface area contributed by atoms with E-state index in [0.29, 0.717) is 0 Å². The molecule has 1 aliphatic rings. The lowest BCUT2D eigenvalue weighted by atomic mass is 10.2. The number of carbonyl (C=O) groups excluding carboxylic acids is 1. The van der Waals surface area contributed by atoms with Crippen molar-refractivity contribution in [2.45, 2.75) is 18.7 Å². The average molecular weight is 285 g/mol. The van der Waals surface area contributed by atoms with E-state index in [-0.39, 0.29) is 32.7 Å². The molecule has 0 radical (unpaired) electrons. The number of hydrogen-bond donors (Lipinski definition) is 1. The van der Waals surface area contributed by atoms with Crippen molar-refractivity contribution in [3.8, 4) is 0 Å². The van der Waals surface area contributed by atoms with Crippen molar-refractivity contribution < 1.29 is 37.3 Å². The topological polar surface area (TPSA) is 76.1 Å². The second-order valence-corrected chi connectivity index (χ2v) is 3.96. The molecule has 0 aromatic carbocycles. The zero-order valence-corrected chi connectivity index (χ0v) is 9.98. The summed E-state index contributed by atoms with van der Waals surface area (Å²) in [5.74, 6) is -1.62. The number of rotatable bonds is 5. The molecule has 1 amide bonds. The van der Waals surface area contributed by atoms with E-state index < -0.39 is 30.8 Å². The molecule has 0 spiro atoms. The summed E-state index contributed by atoms with van der Waals surface area (Å²) in [7, 11) is 0. The van der Waals surface area contributed by atoms with Crippen LogP contribution in [0.1, 0.15) is 6.42 Å². The standard InChI is InChI=1S/C10H14F3NO5/c11-10(12,13)6-18-3-1-8(15)14-2-4-19-7(5-14)9(16)17/h7H,1-6H2,(H,16,17)/t7-/m0/s1. The van der Waals surface area contributed by atoms with E-state index >= 15 is 0 Å². The van der Waals surface area contributed by atoms with Gasteiger partial charge in [0.1, 0.15) is 6.61 Å². The Morgan fingerprint density at radius 2 is 2.11 bits per heavy atom. The van der Waals surface area contributed by atoms with Crippen molar-refractivity contribution in [2.24, 2.45) is 0 Å². The van der Waals surface area contributed by atoms with Crippen molar-refractivity contribution in [1.82, 2.24) is 4.90 Å². The Morgan fingerprint density at radius 3 is 2.68 bits per heavy atom. The van der Waals surface area contributed by atoms with Crippen LogP contribution < -0.4 is 0 Å². The predicted octanol–water partition coefficient (Wildman–Crippen LogP) is 0.267. The lowest BCUT2D eigenvalue weighted by Gasteiger charge is -2.30. The first-order valence-corrected chi connectivity index (χ1v) is 5.56. The van der Waals surface area contributed by atoms with Crippen molar-refractivity contribution in [3.63, 3.8) is 0 Å². The molecule has 1 fully saturated rings. The van der Waals surface area contributed by atoms with Gasteiger partial charge in [0.15, 0.2) is 6.10 Å². The number of amides is 1. The normalized spacial score (nSPS) is 20.4. The first-order chi connectivity index (χ1) is 8.79. The fourth-order valence-electron chi connectivity index (χ4n) is 1.53. The molecule has 1 N–H and O–H groups in total. The van der Waals surface area contributed by atoms with Crippen LogP contribution in [0, 0.1) is 0 Å². The molecule has 0 bridgehead atoms. The Morgan fingerprint density at radius 1 is 1.42 bits per heavy atom. The van der Waals surface area contributed by atoms with Crippen molar-refractivity contribution in [2.75, 3.05) is 32.9 Å². The predicted molar refractivity (Wildman–Crippen MR) is 55.4 cm³/mol. The van der Waals surface area contributed by atoms with E-state index in [4.69, 9.17) is 9.84 Å². The van der Waals surface area contributed by atoms with Gasteiger partial charge < -0.3 is 19.5 Å². The van der Waals surface area contributed by atoms with Crippen LogP contribution in [0.5, 0.6) is 0 Å². The van der Waals surface area contributed by atoms with E-state index in [2.05, 4.69) is 4.74 Å². The van der Waals surface area contributed by atoms with E-state index in [0.717, 1.165) is 0 Å². The summed E-state index contributed by atoms with van der Waals surface area (Å²) in [4.78, 5) is 23.5. The Bertz CT molecular complexity index is 334. The van der Waals surface area contributed by atoms with Gasteiger partial charge in [0.2, 0.25) is 5.91 Å². The molecule has 6 nitrogen and oxygen atoms in total. The van der Waals surface area contributed by atoms with Gasteiger partial charge in [-0.15, -0.1) is 0 Å². The molecule has 0 aromatic heterocycles. The molecule has 0 unspecified atom stereocenters. The number of carboxylic acids is 1. The van der Waals surface area contributed by atoms with Crippen molar-refractivity contribution >= 4 is 11.9 Å². The summed E-state index contributed by atoms with van der Waals surface area (Å²) < 4.78 is 44.5. The first-order valence-electron chi connectivity index (χ1n) is 5.56. The smallest absolute Gasteiger partial charge is 0.411 e. The second kappa shape index (κ2) is 6.71. The molecule has 1 saturated heterocycles. The average Bonchev–Trinajstić information content (AvgIpc) is 2.33. The molecule has 1 rings (SSSR count). The third kappa shape index (κ3) is 5.88. The zero-order chi connectivity index (χ0) is 14.5. The number of carbonyl (C=O) groups is 2. The lowest BCUT2D eigenvalue weighted by Crippen LogP contribution is -2.48. The summed E-state index contributed by atoms with van der Waals surface area (Å²) in [6.45, 7) is -1.55. The van der Waals surface area contributed by atoms with Gasteiger partial charge in [0.05, 0.1) is 26.2 Å². The number of carboxylic acid groups (broad SMARTS) is 1. The van der Waals surface area contributed by atoms with E-state index in [9.17, 15) is 22.8 Å². The number of morpholine rings is 1. The Labute approximate surface area is 107 Å². The summed E-state index contributed by atoms with van der Waals surface area (Å²) in [5, 5.41) is 8.73. The van der Waals surface area contributed by atoms with Crippen LogP contribution in [-0.2, 0) is 19.1 Å². The molecule has 1 aliphatic heterocycles. The maximum Gasteiger partial charge on any atom is 0.411 e. The molecule has 19 heavy (non-hydrogen) atoms. The van der Waals surface area contributed by atoms with Gasteiger partial charge in [-0.3, -0.25) is 4.79 Å². The molecule has 0 aromatic rings. The molecular weight excluding hydrogens is 271 g/mol. The quantitative estimate of drug-likeness (QED) is 0.734. The van der Waals surface area contributed by atoms with Crippen LogP contribution in [0.4, 0.5) is 13.2 Å². The van der Waals surface area contributed by atoms with E-state index in [1.165, 1.54) is 4.90 Å². The van der Waals surface area contributed by atoms with Gasteiger partial charge in [-0.2, -0.15) is 13.2 Å². The number of ether oxygens (including phenoxy) is 2. The summed E-state index contributed by atoms with van der Waals surface area (Å²) in [6.07, 6.45) is -5.73. The van der Waals surface area contributed by atoms with Crippen molar-refractivity contribution in [3.05, 3.63) is 0 Å². The number of nitrogens with zero attached hydrogens (tertiary/aromatic N) is 1. The first kappa shape index (κ1) is 15.7. The highest BCUT2D eigenvalue weighted by Gasteiger charge is 2.30. The minimum atomic E-state index is -4.42. The summed E-state index contributed by atoms with van der Waals surface area (Å²) in [6, 6.07) is 0. The fourth-order valence-corrected chi connectivity index (χ4v) is 1.53. The summed E-state index contributed by atoms with van der Waals surface area (Å²) in [5.41, 5.74) is 0. The number of aliphatic carboxylic acids is 1. The maximum atomic E-state index is 11.8. The molecule has 1 atom stereocenters. The third-order valence-electron chi connectivity index (χ3n) is 2.42. The second-order valence-electron chi connectivity index (χ2n) is 3.96. The summed E-state index contributed by atoms with van der Waals surface area (Å²) >= 11 is 0. The molecule has 0 saturated carbocycles. The van der Waals surface area contributed by atoms with Gasteiger partial charge in [-0.25, -0.2) is 4.79 Å². The Hall–Kier alpha value is -1.35.